The summed E-state index contributed by atoms with van der Waals surface area (Å²) in [6.07, 6.45) is 6.26. The van der Waals surface area contributed by atoms with Gasteiger partial charge in [0.15, 0.2) is 5.78 Å². The third-order valence-corrected chi connectivity index (χ3v) is 4.90. The Balaban J connectivity index is 1.93. The van der Waals surface area contributed by atoms with Crippen molar-refractivity contribution >= 4 is 17.9 Å². The molecule has 0 heterocycles. The van der Waals surface area contributed by atoms with Crippen molar-refractivity contribution < 1.29 is 23.7 Å². The molecule has 0 bridgehead atoms. The molecule has 0 saturated heterocycles. The summed E-state index contributed by atoms with van der Waals surface area (Å²) >= 11 is 0. The van der Waals surface area contributed by atoms with Gasteiger partial charge in [0.05, 0.1) is 28.4 Å². The first-order valence-corrected chi connectivity index (χ1v) is 9.48. The van der Waals surface area contributed by atoms with Crippen molar-refractivity contribution in [3.63, 3.8) is 0 Å². The summed E-state index contributed by atoms with van der Waals surface area (Å²) in [6.45, 7) is 0. The molecular weight excluding hydrogens is 368 g/mol. The molecule has 0 radical (unpaired) electrons. The van der Waals surface area contributed by atoms with E-state index in [0.29, 0.717) is 23.0 Å². The lowest BCUT2D eigenvalue weighted by atomic mass is 9.87. The first kappa shape index (κ1) is 20.5. The van der Waals surface area contributed by atoms with Gasteiger partial charge in [-0.2, -0.15) is 0 Å². The Labute approximate surface area is 171 Å². The van der Waals surface area contributed by atoms with Crippen LogP contribution in [0.5, 0.6) is 23.0 Å². The zero-order chi connectivity index (χ0) is 20.8. The fourth-order valence-corrected chi connectivity index (χ4v) is 3.41. The third kappa shape index (κ3) is 4.99. The van der Waals surface area contributed by atoms with Gasteiger partial charge in [-0.1, -0.05) is 0 Å². The van der Waals surface area contributed by atoms with E-state index in [0.717, 1.165) is 41.5 Å². The summed E-state index contributed by atoms with van der Waals surface area (Å²) < 4.78 is 21.3. The van der Waals surface area contributed by atoms with Gasteiger partial charge in [-0.05, 0) is 66.8 Å². The lowest BCUT2D eigenvalue weighted by molar-refractivity contribution is -0.112. The molecule has 1 fully saturated rings. The van der Waals surface area contributed by atoms with E-state index in [-0.39, 0.29) is 5.78 Å². The number of hydrogen-bond donors (Lipinski definition) is 0. The number of carbonyl (C=O) groups excluding carboxylic acids is 1. The number of rotatable bonds is 6. The molecule has 0 atom stereocenters. The molecule has 1 saturated carbocycles. The number of ether oxygens (including phenoxy) is 4. The highest BCUT2D eigenvalue weighted by molar-refractivity contribution is 6.14. The molecule has 2 aromatic carbocycles. The maximum Gasteiger partial charge on any atom is 0.185 e. The van der Waals surface area contributed by atoms with Crippen LogP contribution in [0.2, 0.25) is 0 Å². The second-order valence-electron chi connectivity index (χ2n) is 6.81. The third-order valence-electron chi connectivity index (χ3n) is 4.90. The molecule has 5 nitrogen and oxygen atoms in total. The summed E-state index contributed by atoms with van der Waals surface area (Å²) in [4.78, 5) is 13.1. The van der Waals surface area contributed by atoms with Crippen LogP contribution in [0.4, 0.5) is 0 Å². The van der Waals surface area contributed by atoms with Gasteiger partial charge in [-0.25, -0.2) is 0 Å². The van der Waals surface area contributed by atoms with Crippen LogP contribution in [0.1, 0.15) is 30.4 Å². The molecule has 152 valence electrons. The van der Waals surface area contributed by atoms with E-state index in [2.05, 4.69) is 0 Å². The maximum absolute atomic E-state index is 13.1. The predicted molar refractivity (Wildman–Crippen MR) is 114 cm³/mol. The molecule has 1 aliphatic carbocycles. The van der Waals surface area contributed by atoms with Gasteiger partial charge < -0.3 is 18.9 Å². The van der Waals surface area contributed by atoms with E-state index in [1.54, 1.807) is 28.4 Å². The van der Waals surface area contributed by atoms with Crippen molar-refractivity contribution in [2.75, 3.05) is 28.4 Å². The fraction of sp³-hybridized carbons (Fsp3) is 0.292. The average molecular weight is 394 g/mol. The average Bonchev–Trinajstić information content (AvgIpc) is 2.75. The molecule has 5 heteroatoms. The van der Waals surface area contributed by atoms with Crippen LogP contribution in [-0.2, 0) is 4.79 Å². The highest BCUT2D eigenvalue weighted by Crippen LogP contribution is 2.31. The van der Waals surface area contributed by atoms with E-state index < -0.39 is 0 Å². The van der Waals surface area contributed by atoms with Gasteiger partial charge in [-0.15, -0.1) is 0 Å². The Morgan fingerprint density at radius 1 is 0.621 bits per heavy atom. The molecule has 2 aromatic rings. The summed E-state index contributed by atoms with van der Waals surface area (Å²) in [5.41, 5.74) is 3.34. The second kappa shape index (κ2) is 9.32. The number of methoxy groups -OCH3 is 4. The van der Waals surface area contributed by atoms with Gasteiger partial charge in [0.2, 0.25) is 0 Å². The monoisotopic (exact) mass is 394 g/mol. The van der Waals surface area contributed by atoms with E-state index in [1.165, 1.54) is 0 Å². The number of allylic oxidation sites excluding steroid dienone is 2. The van der Waals surface area contributed by atoms with E-state index in [9.17, 15) is 4.79 Å². The number of benzene rings is 2. The molecule has 0 spiro atoms. The molecule has 0 aromatic heterocycles. The number of carbonyl (C=O) groups is 1. The van der Waals surface area contributed by atoms with Crippen LogP contribution >= 0.6 is 0 Å². The van der Waals surface area contributed by atoms with Gasteiger partial charge >= 0.3 is 0 Å². The SMILES string of the molecule is COc1cc(C=C2CCCC(=Cc3cc(OC)cc(OC)c3)C2=O)cc(OC)c1. The van der Waals surface area contributed by atoms with Gasteiger partial charge in [0, 0.05) is 23.3 Å². The Bertz CT molecular complexity index is 836. The van der Waals surface area contributed by atoms with Crippen molar-refractivity contribution in [3.05, 3.63) is 58.7 Å². The van der Waals surface area contributed by atoms with Gasteiger partial charge in [-0.3, -0.25) is 4.79 Å². The smallest absolute Gasteiger partial charge is 0.185 e. The molecule has 0 aliphatic heterocycles. The molecular formula is C24H26O5. The van der Waals surface area contributed by atoms with Crippen molar-refractivity contribution in [2.45, 2.75) is 19.3 Å². The standard InChI is InChI=1S/C24H26O5/c1-26-20-10-16(11-21(14-20)27-2)8-18-6-5-7-19(24(18)25)9-17-12-22(28-3)15-23(13-17)29-4/h8-15H,5-7H2,1-4H3. The Morgan fingerprint density at radius 2 is 0.966 bits per heavy atom. The number of ketones is 1. The summed E-state index contributed by atoms with van der Waals surface area (Å²) in [7, 11) is 6.45. The van der Waals surface area contributed by atoms with Gasteiger partial charge in [0.25, 0.3) is 0 Å². The lowest BCUT2D eigenvalue weighted by Crippen LogP contribution is -2.12. The van der Waals surface area contributed by atoms with Crippen LogP contribution in [0, 0.1) is 0 Å². The Hall–Kier alpha value is -3.21. The molecule has 0 N–H and O–H groups in total. The largest absolute Gasteiger partial charge is 0.497 e. The van der Waals surface area contributed by atoms with Crippen molar-refractivity contribution in [3.8, 4) is 23.0 Å². The fourth-order valence-electron chi connectivity index (χ4n) is 3.41. The van der Waals surface area contributed by atoms with Crippen LogP contribution in [0.25, 0.3) is 12.2 Å². The number of Topliss-reactive ketones (excluding diaryl/α,β-unsaturated/α-hetero) is 1. The molecule has 1 aliphatic rings. The van der Waals surface area contributed by atoms with Crippen LogP contribution in [-0.4, -0.2) is 34.2 Å². The predicted octanol–water partition coefficient (Wildman–Crippen LogP) is 4.94. The van der Waals surface area contributed by atoms with E-state index in [4.69, 9.17) is 18.9 Å². The van der Waals surface area contributed by atoms with E-state index >= 15 is 0 Å². The number of hydrogen-bond acceptors (Lipinski definition) is 5. The lowest BCUT2D eigenvalue weighted by Gasteiger charge is -2.17. The maximum atomic E-state index is 13.1. The molecule has 3 rings (SSSR count). The minimum atomic E-state index is 0.0693. The zero-order valence-corrected chi connectivity index (χ0v) is 17.3. The van der Waals surface area contributed by atoms with Crippen molar-refractivity contribution in [2.24, 2.45) is 0 Å². The second-order valence-corrected chi connectivity index (χ2v) is 6.81. The van der Waals surface area contributed by atoms with Crippen molar-refractivity contribution in [1.82, 2.24) is 0 Å². The summed E-state index contributed by atoms with van der Waals surface area (Å²) in [5.74, 6) is 2.84. The van der Waals surface area contributed by atoms with Crippen LogP contribution in [0.15, 0.2) is 47.5 Å². The highest BCUT2D eigenvalue weighted by atomic mass is 16.5. The topological polar surface area (TPSA) is 54.0 Å². The Kier molecular flexibility index (Phi) is 6.60. The molecule has 0 unspecified atom stereocenters. The minimum Gasteiger partial charge on any atom is -0.497 e. The van der Waals surface area contributed by atoms with Crippen LogP contribution < -0.4 is 18.9 Å². The minimum absolute atomic E-state index is 0.0693. The van der Waals surface area contributed by atoms with Crippen LogP contribution in [0.3, 0.4) is 0 Å². The highest BCUT2D eigenvalue weighted by Gasteiger charge is 2.21. The Morgan fingerprint density at radius 3 is 1.28 bits per heavy atom. The van der Waals surface area contributed by atoms with Crippen molar-refractivity contribution in [1.29, 1.82) is 0 Å². The summed E-state index contributed by atoms with van der Waals surface area (Å²) in [6, 6.07) is 11.2. The first-order chi connectivity index (χ1) is 14.1. The van der Waals surface area contributed by atoms with E-state index in [1.807, 2.05) is 48.6 Å². The first-order valence-electron chi connectivity index (χ1n) is 9.48. The normalized spacial score (nSPS) is 16.8. The molecule has 0 amide bonds. The summed E-state index contributed by atoms with van der Waals surface area (Å²) in [5, 5.41) is 0. The zero-order valence-electron chi connectivity index (χ0n) is 17.3. The quantitative estimate of drug-likeness (QED) is 0.650. The van der Waals surface area contributed by atoms with Gasteiger partial charge in [0.1, 0.15) is 23.0 Å². The molecule has 29 heavy (non-hydrogen) atoms.